The summed E-state index contributed by atoms with van der Waals surface area (Å²) in [7, 11) is 1.20. The Kier molecular flexibility index (Phi) is 4.92. The second-order valence-corrected chi connectivity index (χ2v) is 5.47. The molecular weight excluding hydrogens is 316 g/mol. The molecule has 2 rings (SSSR count). The number of aliphatic hydroxyl groups excluding tert-OH is 1. The van der Waals surface area contributed by atoms with Crippen LogP contribution in [0, 0.1) is 0 Å². The number of ketones is 3. The lowest BCUT2D eigenvalue weighted by Gasteiger charge is -2.20. The molecule has 0 spiro atoms. The maximum absolute atomic E-state index is 12.2. The zero-order chi connectivity index (χ0) is 18.0. The molecule has 128 valence electrons. The molecule has 0 bridgehead atoms. The molecule has 7 nitrogen and oxygen atoms in total. The molecule has 0 unspecified atom stereocenters. The zero-order valence-corrected chi connectivity index (χ0v) is 13.4. The second-order valence-electron chi connectivity index (χ2n) is 5.47. The molecule has 0 heterocycles. The summed E-state index contributed by atoms with van der Waals surface area (Å²) >= 11 is 0. The third kappa shape index (κ3) is 2.84. The highest BCUT2D eigenvalue weighted by molar-refractivity contribution is 6.52. The van der Waals surface area contributed by atoms with E-state index in [1.54, 1.807) is 0 Å². The summed E-state index contributed by atoms with van der Waals surface area (Å²) in [4.78, 5) is 36.0. The fourth-order valence-corrected chi connectivity index (χ4v) is 2.67. The second kappa shape index (κ2) is 6.74. The van der Waals surface area contributed by atoms with E-state index in [9.17, 15) is 29.7 Å². The van der Waals surface area contributed by atoms with Crippen molar-refractivity contribution < 1.29 is 34.4 Å². The molecule has 0 fully saturated rings. The van der Waals surface area contributed by atoms with E-state index in [1.807, 2.05) is 6.92 Å². The lowest BCUT2D eigenvalue weighted by molar-refractivity contribution is -0.119. The summed E-state index contributed by atoms with van der Waals surface area (Å²) in [5, 5.41) is 30.2. The summed E-state index contributed by atoms with van der Waals surface area (Å²) in [6, 6.07) is 0.962. The SMILES string of the molecule is CCCC(=O)CCC1=C(O)c2c(cc(O)c(OC)c2O)C(=O)C1=O. The van der Waals surface area contributed by atoms with Crippen LogP contribution in [0.1, 0.15) is 48.5 Å². The van der Waals surface area contributed by atoms with Crippen molar-refractivity contribution in [3.05, 3.63) is 22.8 Å². The number of phenolic OH excluding ortho intramolecular Hbond substituents is 2. The van der Waals surface area contributed by atoms with Crippen LogP contribution in [0.4, 0.5) is 0 Å². The van der Waals surface area contributed by atoms with E-state index in [2.05, 4.69) is 0 Å². The van der Waals surface area contributed by atoms with Crippen LogP contribution in [0.25, 0.3) is 5.76 Å². The minimum absolute atomic E-state index is 0.0115. The number of fused-ring (bicyclic) bond motifs is 1. The van der Waals surface area contributed by atoms with Gasteiger partial charge in [0.05, 0.1) is 12.7 Å². The van der Waals surface area contributed by atoms with Crippen LogP contribution in [0.5, 0.6) is 17.2 Å². The molecule has 1 aromatic carbocycles. The van der Waals surface area contributed by atoms with Gasteiger partial charge in [-0.05, 0) is 18.9 Å². The summed E-state index contributed by atoms with van der Waals surface area (Å²) < 4.78 is 4.83. The number of ether oxygens (including phenoxy) is 1. The van der Waals surface area contributed by atoms with Crippen LogP contribution in [0.15, 0.2) is 11.6 Å². The number of benzene rings is 1. The molecule has 3 N–H and O–H groups in total. The Balaban J connectivity index is 2.52. The first-order valence-electron chi connectivity index (χ1n) is 7.49. The van der Waals surface area contributed by atoms with Gasteiger partial charge in [0.1, 0.15) is 11.5 Å². The number of carbonyl (C=O) groups is 3. The number of phenols is 2. The van der Waals surface area contributed by atoms with Crippen LogP contribution < -0.4 is 4.74 Å². The van der Waals surface area contributed by atoms with Crippen molar-refractivity contribution in [2.24, 2.45) is 0 Å². The smallest absolute Gasteiger partial charge is 0.234 e. The van der Waals surface area contributed by atoms with Crippen LogP contribution in [-0.4, -0.2) is 39.8 Å². The Morgan fingerprint density at radius 2 is 1.79 bits per heavy atom. The van der Waals surface area contributed by atoms with Crippen LogP contribution >= 0.6 is 0 Å². The number of aromatic hydroxyl groups is 2. The monoisotopic (exact) mass is 334 g/mol. The van der Waals surface area contributed by atoms with E-state index in [0.29, 0.717) is 12.8 Å². The molecular formula is C17H18O7. The first-order chi connectivity index (χ1) is 11.3. The normalized spacial score (nSPS) is 13.9. The predicted molar refractivity (Wildman–Crippen MR) is 84.4 cm³/mol. The Morgan fingerprint density at radius 3 is 2.38 bits per heavy atom. The minimum atomic E-state index is -0.964. The number of allylic oxidation sites excluding steroid dienone is 1. The molecule has 24 heavy (non-hydrogen) atoms. The maximum Gasteiger partial charge on any atom is 0.234 e. The van der Waals surface area contributed by atoms with Gasteiger partial charge in [0, 0.05) is 24.0 Å². The molecule has 1 aliphatic carbocycles. The van der Waals surface area contributed by atoms with Crippen molar-refractivity contribution in [3.63, 3.8) is 0 Å². The van der Waals surface area contributed by atoms with Gasteiger partial charge in [-0.15, -0.1) is 0 Å². The average Bonchev–Trinajstić information content (AvgIpc) is 2.52. The van der Waals surface area contributed by atoms with Crippen LogP contribution in [-0.2, 0) is 9.59 Å². The molecule has 0 saturated heterocycles. The number of hydrogen-bond donors (Lipinski definition) is 3. The standard InChI is InChI=1S/C17H18O7/c1-3-4-8(18)5-6-9-13(20)12-10(15(22)14(9)21)7-11(19)17(24-2)16(12)23/h7,19-20,23H,3-6H2,1-2H3. The zero-order valence-electron chi connectivity index (χ0n) is 13.4. The summed E-state index contributed by atoms with van der Waals surface area (Å²) in [6.07, 6.45) is 0.922. The molecule has 1 aromatic rings. The van der Waals surface area contributed by atoms with Gasteiger partial charge >= 0.3 is 0 Å². The molecule has 0 radical (unpaired) electrons. The largest absolute Gasteiger partial charge is 0.507 e. The molecule has 0 aromatic heterocycles. The highest BCUT2D eigenvalue weighted by Crippen LogP contribution is 2.45. The van der Waals surface area contributed by atoms with Crippen LogP contribution in [0.3, 0.4) is 0 Å². The lowest BCUT2D eigenvalue weighted by Crippen LogP contribution is -2.24. The highest BCUT2D eigenvalue weighted by atomic mass is 16.5. The summed E-state index contributed by atoms with van der Waals surface area (Å²) in [5.41, 5.74) is -0.802. The number of methoxy groups -OCH3 is 1. The van der Waals surface area contributed by atoms with Crippen molar-refractivity contribution in [2.75, 3.05) is 7.11 Å². The van der Waals surface area contributed by atoms with Crippen molar-refractivity contribution >= 4 is 23.1 Å². The van der Waals surface area contributed by atoms with E-state index < -0.39 is 28.8 Å². The van der Waals surface area contributed by atoms with Gasteiger partial charge in [-0.25, -0.2) is 0 Å². The Morgan fingerprint density at radius 1 is 1.12 bits per heavy atom. The Hall–Kier alpha value is -2.83. The number of aliphatic hydroxyl groups is 1. The third-order valence-corrected chi connectivity index (χ3v) is 3.87. The van der Waals surface area contributed by atoms with Crippen molar-refractivity contribution in [2.45, 2.75) is 32.6 Å². The van der Waals surface area contributed by atoms with Gasteiger partial charge in [-0.3, -0.25) is 14.4 Å². The quantitative estimate of drug-likeness (QED) is 0.682. The van der Waals surface area contributed by atoms with Gasteiger partial charge in [-0.1, -0.05) is 6.92 Å². The third-order valence-electron chi connectivity index (χ3n) is 3.87. The molecule has 0 amide bonds. The van der Waals surface area contributed by atoms with Crippen LogP contribution in [0.2, 0.25) is 0 Å². The minimum Gasteiger partial charge on any atom is -0.507 e. The van der Waals surface area contributed by atoms with Gasteiger partial charge < -0.3 is 20.1 Å². The maximum atomic E-state index is 12.2. The van der Waals surface area contributed by atoms with Gasteiger partial charge in [-0.2, -0.15) is 0 Å². The Labute approximate surface area is 138 Å². The molecule has 7 heteroatoms. The number of hydrogen-bond acceptors (Lipinski definition) is 7. The van der Waals surface area contributed by atoms with E-state index >= 15 is 0 Å². The molecule has 1 aliphatic rings. The number of carbonyl (C=O) groups excluding carboxylic acids is 3. The van der Waals surface area contributed by atoms with Crippen molar-refractivity contribution in [1.82, 2.24) is 0 Å². The topological polar surface area (TPSA) is 121 Å². The summed E-state index contributed by atoms with van der Waals surface area (Å²) in [5.74, 6) is -4.05. The van der Waals surface area contributed by atoms with Crippen molar-refractivity contribution in [1.29, 1.82) is 0 Å². The van der Waals surface area contributed by atoms with E-state index in [1.165, 1.54) is 7.11 Å². The van der Waals surface area contributed by atoms with E-state index in [0.717, 1.165) is 6.07 Å². The van der Waals surface area contributed by atoms with E-state index in [-0.39, 0.29) is 41.1 Å². The number of Topliss-reactive ketones (excluding diaryl/α,β-unsaturated/α-hetero) is 3. The van der Waals surface area contributed by atoms with Gasteiger partial charge in [0.2, 0.25) is 17.3 Å². The number of rotatable bonds is 6. The first-order valence-corrected chi connectivity index (χ1v) is 7.49. The predicted octanol–water partition coefficient (Wildman–Crippen LogP) is 2.29. The molecule has 0 saturated carbocycles. The molecule has 0 atom stereocenters. The fourth-order valence-electron chi connectivity index (χ4n) is 2.67. The Bertz CT molecular complexity index is 759. The highest BCUT2D eigenvalue weighted by Gasteiger charge is 2.36. The fraction of sp³-hybridized carbons (Fsp3) is 0.353. The van der Waals surface area contributed by atoms with E-state index in [4.69, 9.17) is 4.74 Å². The van der Waals surface area contributed by atoms with Gasteiger partial charge in [0.25, 0.3) is 0 Å². The van der Waals surface area contributed by atoms with Crippen molar-refractivity contribution in [3.8, 4) is 17.2 Å². The molecule has 0 aliphatic heterocycles. The average molecular weight is 334 g/mol. The first kappa shape index (κ1) is 17.5. The summed E-state index contributed by atoms with van der Waals surface area (Å²) in [6.45, 7) is 1.84. The van der Waals surface area contributed by atoms with Gasteiger partial charge in [0.15, 0.2) is 11.5 Å². The lowest BCUT2D eigenvalue weighted by atomic mass is 9.85.